The van der Waals surface area contributed by atoms with Crippen molar-refractivity contribution < 1.29 is 0 Å². The molecule has 0 aliphatic rings. The Morgan fingerprint density at radius 1 is 1.50 bits per heavy atom. The summed E-state index contributed by atoms with van der Waals surface area (Å²) >= 11 is 5.15. The molecule has 0 aromatic carbocycles. The predicted molar refractivity (Wildman–Crippen MR) is 60.0 cm³/mol. The molecule has 1 rings (SSSR count). The van der Waals surface area contributed by atoms with Crippen LogP contribution in [0.1, 0.15) is 19.2 Å². The van der Waals surface area contributed by atoms with Gasteiger partial charge in [-0.1, -0.05) is 6.92 Å². The van der Waals surface area contributed by atoms with Crippen LogP contribution in [0, 0.1) is 4.77 Å². The molecule has 0 amide bonds. The summed E-state index contributed by atoms with van der Waals surface area (Å²) in [5.41, 5.74) is 0. The average Bonchev–Trinajstić information content (AvgIpc) is 2.46. The fraction of sp³-hybridized carbons (Fsp3) is 0.778. The lowest BCUT2D eigenvalue weighted by Crippen LogP contribution is -2.17. The quantitative estimate of drug-likeness (QED) is 0.754. The van der Waals surface area contributed by atoms with Crippen LogP contribution in [0.15, 0.2) is 0 Å². The van der Waals surface area contributed by atoms with E-state index in [9.17, 15) is 0 Å². The zero-order valence-electron chi connectivity index (χ0n) is 9.08. The Morgan fingerprint density at radius 2 is 2.21 bits per heavy atom. The standard InChI is InChI=1S/C9H18N4S/c1-4-6-13-8(5-7-12(2)3)10-11-9(13)14/h4-7H2,1-3H3,(H,11,14). The van der Waals surface area contributed by atoms with E-state index < -0.39 is 0 Å². The van der Waals surface area contributed by atoms with Crippen LogP contribution in [0.3, 0.4) is 0 Å². The van der Waals surface area contributed by atoms with E-state index in [2.05, 4.69) is 40.7 Å². The van der Waals surface area contributed by atoms with E-state index in [1.54, 1.807) is 0 Å². The highest BCUT2D eigenvalue weighted by Gasteiger charge is 2.04. The summed E-state index contributed by atoms with van der Waals surface area (Å²) in [4.78, 5) is 2.15. The van der Waals surface area contributed by atoms with Gasteiger partial charge >= 0.3 is 0 Å². The molecule has 0 saturated heterocycles. The van der Waals surface area contributed by atoms with Gasteiger partial charge in [-0.05, 0) is 32.7 Å². The van der Waals surface area contributed by atoms with Crippen molar-refractivity contribution in [2.75, 3.05) is 20.6 Å². The monoisotopic (exact) mass is 214 g/mol. The minimum absolute atomic E-state index is 0.737. The molecule has 80 valence electrons. The Labute approximate surface area is 89.9 Å². The topological polar surface area (TPSA) is 36.9 Å². The van der Waals surface area contributed by atoms with Gasteiger partial charge in [0.25, 0.3) is 0 Å². The summed E-state index contributed by atoms with van der Waals surface area (Å²) in [5.74, 6) is 1.06. The van der Waals surface area contributed by atoms with Gasteiger partial charge < -0.3 is 9.47 Å². The molecule has 0 spiro atoms. The van der Waals surface area contributed by atoms with E-state index in [1.807, 2.05) is 0 Å². The van der Waals surface area contributed by atoms with Gasteiger partial charge in [0.1, 0.15) is 5.82 Å². The molecule has 0 atom stereocenters. The maximum atomic E-state index is 5.15. The third-order valence-corrected chi connectivity index (χ3v) is 2.38. The summed E-state index contributed by atoms with van der Waals surface area (Å²) < 4.78 is 2.82. The Balaban J connectivity index is 2.70. The number of hydrogen-bond acceptors (Lipinski definition) is 3. The minimum atomic E-state index is 0.737. The molecule has 1 heterocycles. The van der Waals surface area contributed by atoms with E-state index in [1.165, 1.54) is 0 Å². The number of likely N-dealkylation sites (N-methyl/N-ethyl adjacent to an activating group) is 1. The zero-order valence-corrected chi connectivity index (χ0v) is 9.89. The molecule has 14 heavy (non-hydrogen) atoms. The van der Waals surface area contributed by atoms with Crippen molar-refractivity contribution in [3.05, 3.63) is 10.6 Å². The highest BCUT2D eigenvalue weighted by molar-refractivity contribution is 7.71. The summed E-state index contributed by atoms with van der Waals surface area (Å²) in [6.07, 6.45) is 2.03. The number of H-pyrrole nitrogens is 1. The van der Waals surface area contributed by atoms with Gasteiger partial charge in [0.15, 0.2) is 4.77 Å². The average molecular weight is 214 g/mol. The van der Waals surface area contributed by atoms with Gasteiger partial charge in [0.05, 0.1) is 0 Å². The maximum absolute atomic E-state index is 5.15. The first-order valence-electron chi connectivity index (χ1n) is 4.94. The number of nitrogens with one attached hydrogen (secondary N) is 1. The van der Waals surface area contributed by atoms with Crippen molar-refractivity contribution in [3.8, 4) is 0 Å². The van der Waals surface area contributed by atoms with E-state index in [-0.39, 0.29) is 0 Å². The first-order chi connectivity index (χ1) is 6.65. The maximum Gasteiger partial charge on any atom is 0.195 e. The molecule has 1 N–H and O–H groups in total. The molecule has 1 aromatic heterocycles. The smallest absolute Gasteiger partial charge is 0.195 e. The number of nitrogens with zero attached hydrogens (tertiary/aromatic N) is 3. The normalized spacial score (nSPS) is 11.1. The first-order valence-corrected chi connectivity index (χ1v) is 5.34. The van der Waals surface area contributed by atoms with Crippen molar-refractivity contribution in [1.29, 1.82) is 0 Å². The van der Waals surface area contributed by atoms with Crippen LogP contribution >= 0.6 is 12.2 Å². The molecular formula is C9H18N4S. The summed E-state index contributed by atoms with van der Waals surface area (Å²) in [5, 5.41) is 7.07. The molecule has 0 aliphatic carbocycles. The van der Waals surface area contributed by atoms with Gasteiger partial charge in [-0.25, -0.2) is 0 Å². The highest BCUT2D eigenvalue weighted by Crippen LogP contribution is 2.01. The predicted octanol–water partition coefficient (Wildman–Crippen LogP) is 1.45. The Morgan fingerprint density at radius 3 is 2.79 bits per heavy atom. The van der Waals surface area contributed by atoms with Crippen molar-refractivity contribution in [3.63, 3.8) is 0 Å². The van der Waals surface area contributed by atoms with Crippen molar-refractivity contribution in [2.45, 2.75) is 26.3 Å². The summed E-state index contributed by atoms with van der Waals surface area (Å²) in [6.45, 7) is 4.10. The second-order valence-corrected chi connectivity index (χ2v) is 4.04. The summed E-state index contributed by atoms with van der Waals surface area (Å²) in [6, 6.07) is 0. The lowest BCUT2D eigenvalue weighted by Gasteiger charge is -2.09. The van der Waals surface area contributed by atoms with Crippen LogP contribution in [-0.2, 0) is 13.0 Å². The molecule has 0 bridgehead atoms. The molecule has 1 aromatic rings. The van der Waals surface area contributed by atoms with Crippen molar-refractivity contribution >= 4 is 12.2 Å². The molecule has 0 unspecified atom stereocenters. The third kappa shape index (κ3) is 2.92. The van der Waals surface area contributed by atoms with E-state index in [4.69, 9.17) is 12.2 Å². The fourth-order valence-electron chi connectivity index (χ4n) is 1.32. The first kappa shape index (κ1) is 11.4. The number of aromatic amines is 1. The largest absolute Gasteiger partial charge is 0.309 e. The molecule has 0 radical (unpaired) electrons. The fourth-order valence-corrected chi connectivity index (χ4v) is 1.56. The van der Waals surface area contributed by atoms with Gasteiger partial charge in [-0.2, -0.15) is 5.10 Å². The lowest BCUT2D eigenvalue weighted by molar-refractivity contribution is 0.405. The molecule has 0 fully saturated rings. The van der Waals surface area contributed by atoms with Crippen LogP contribution in [0.4, 0.5) is 0 Å². The van der Waals surface area contributed by atoms with Gasteiger partial charge in [-0.15, -0.1) is 0 Å². The Kier molecular flexibility index (Phi) is 4.28. The minimum Gasteiger partial charge on any atom is -0.309 e. The van der Waals surface area contributed by atoms with Crippen LogP contribution in [0.2, 0.25) is 0 Å². The SMILES string of the molecule is CCCn1c(CCN(C)C)n[nH]c1=S. The molecule has 5 heteroatoms. The van der Waals surface area contributed by atoms with Crippen molar-refractivity contribution in [1.82, 2.24) is 19.7 Å². The van der Waals surface area contributed by atoms with Gasteiger partial charge in [-0.3, -0.25) is 5.10 Å². The molecular weight excluding hydrogens is 196 g/mol. The number of aromatic nitrogens is 3. The van der Waals surface area contributed by atoms with E-state index in [0.29, 0.717) is 0 Å². The van der Waals surface area contributed by atoms with Crippen molar-refractivity contribution in [2.24, 2.45) is 0 Å². The number of hydrogen-bond donors (Lipinski definition) is 1. The van der Waals surface area contributed by atoms with Crippen LogP contribution < -0.4 is 0 Å². The highest BCUT2D eigenvalue weighted by atomic mass is 32.1. The molecule has 0 aliphatic heterocycles. The van der Waals surface area contributed by atoms with E-state index in [0.717, 1.165) is 36.5 Å². The van der Waals surface area contributed by atoms with Crippen LogP contribution in [0.25, 0.3) is 0 Å². The second-order valence-electron chi connectivity index (χ2n) is 3.65. The van der Waals surface area contributed by atoms with Crippen LogP contribution in [0.5, 0.6) is 0 Å². The van der Waals surface area contributed by atoms with Gasteiger partial charge in [0.2, 0.25) is 0 Å². The Hall–Kier alpha value is -0.680. The second kappa shape index (κ2) is 5.26. The number of rotatable bonds is 5. The summed E-state index contributed by atoms with van der Waals surface area (Å²) in [7, 11) is 4.12. The molecule has 4 nitrogen and oxygen atoms in total. The van der Waals surface area contributed by atoms with Gasteiger partial charge in [0, 0.05) is 19.5 Å². The van der Waals surface area contributed by atoms with Crippen LogP contribution in [-0.4, -0.2) is 40.3 Å². The third-order valence-electron chi connectivity index (χ3n) is 2.07. The Bertz CT molecular complexity index is 326. The zero-order chi connectivity index (χ0) is 10.6. The lowest BCUT2D eigenvalue weighted by atomic mass is 10.3. The van der Waals surface area contributed by atoms with E-state index >= 15 is 0 Å². The molecule has 0 saturated carbocycles.